The number of carboxylic acid groups (broad SMARTS) is 1. The minimum Gasteiger partial charge on any atom is -0.478 e. The van der Waals surface area contributed by atoms with Crippen molar-refractivity contribution in [2.45, 2.75) is 13.0 Å². The molecule has 1 aromatic carbocycles. The largest absolute Gasteiger partial charge is 0.478 e. The highest BCUT2D eigenvalue weighted by atomic mass is 16.5. The zero-order valence-corrected chi connectivity index (χ0v) is 11.3. The van der Waals surface area contributed by atoms with E-state index >= 15 is 0 Å². The Morgan fingerprint density at radius 1 is 1.19 bits per heavy atom. The normalized spacial score (nSPS) is 11.7. The van der Waals surface area contributed by atoms with Gasteiger partial charge < -0.3 is 9.84 Å². The van der Waals surface area contributed by atoms with E-state index in [1.807, 2.05) is 0 Å². The maximum absolute atomic E-state index is 12.1. The summed E-state index contributed by atoms with van der Waals surface area (Å²) in [5, 5.41) is 8.92. The topological polar surface area (TPSA) is 89.4 Å². The molecule has 0 saturated heterocycles. The van der Waals surface area contributed by atoms with Crippen LogP contribution in [-0.4, -0.2) is 27.0 Å². The van der Waals surface area contributed by atoms with Crippen LogP contribution in [0.25, 0.3) is 0 Å². The van der Waals surface area contributed by atoms with Gasteiger partial charge in [-0.3, -0.25) is 0 Å². The van der Waals surface area contributed by atoms with E-state index in [1.165, 1.54) is 24.3 Å². The molecule has 107 valence electrons. The molecule has 0 amide bonds. The summed E-state index contributed by atoms with van der Waals surface area (Å²) in [7, 11) is 0. The smallest absolute Gasteiger partial charge is 0.338 e. The summed E-state index contributed by atoms with van der Waals surface area (Å²) in [6, 6.07) is 7.32. The summed E-state index contributed by atoms with van der Waals surface area (Å²) in [5.74, 6) is -1.37. The maximum atomic E-state index is 12.1. The second-order valence-electron chi connectivity index (χ2n) is 4.15. The summed E-state index contributed by atoms with van der Waals surface area (Å²) in [4.78, 5) is 31.0. The minimum absolute atomic E-state index is 0.0254. The zero-order valence-electron chi connectivity index (χ0n) is 11.3. The standard InChI is InChI=1S/C15H13N2O4/c1-2-12(13-16-7-4-8-17-13)21-15(20)11-6-3-5-10(9-11)14(18)19/h2-9,12H,1H3,(H,18,19). The van der Waals surface area contributed by atoms with E-state index in [9.17, 15) is 9.59 Å². The molecular weight excluding hydrogens is 272 g/mol. The van der Waals surface area contributed by atoms with Gasteiger partial charge in [-0.05, 0) is 24.3 Å². The molecule has 2 rings (SSSR count). The van der Waals surface area contributed by atoms with Crippen LogP contribution in [0, 0.1) is 6.42 Å². The number of ether oxygens (including phenoxy) is 1. The van der Waals surface area contributed by atoms with E-state index in [0.29, 0.717) is 5.82 Å². The lowest BCUT2D eigenvalue weighted by atomic mass is 10.1. The second-order valence-corrected chi connectivity index (χ2v) is 4.15. The predicted molar refractivity (Wildman–Crippen MR) is 73.6 cm³/mol. The predicted octanol–water partition coefficient (Wildman–Crippen LogP) is 2.30. The van der Waals surface area contributed by atoms with E-state index in [-0.39, 0.29) is 11.1 Å². The molecule has 0 fully saturated rings. The minimum atomic E-state index is -1.10. The van der Waals surface area contributed by atoms with Crippen LogP contribution in [0.1, 0.15) is 39.6 Å². The molecular formula is C15H13N2O4. The van der Waals surface area contributed by atoms with E-state index in [4.69, 9.17) is 9.84 Å². The Kier molecular flexibility index (Phi) is 4.61. The van der Waals surface area contributed by atoms with Crippen molar-refractivity contribution in [3.63, 3.8) is 0 Å². The van der Waals surface area contributed by atoms with Crippen molar-refractivity contribution in [3.05, 3.63) is 66.1 Å². The van der Waals surface area contributed by atoms with Crippen molar-refractivity contribution in [1.82, 2.24) is 9.97 Å². The van der Waals surface area contributed by atoms with Crippen LogP contribution in [0.15, 0.2) is 42.7 Å². The third-order valence-electron chi connectivity index (χ3n) is 2.72. The SMILES string of the molecule is C[CH]C(OC(=O)c1cccc(C(=O)O)c1)c1ncccn1. The first-order valence-electron chi connectivity index (χ1n) is 6.22. The number of aromatic nitrogens is 2. The summed E-state index contributed by atoms with van der Waals surface area (Å²) in [6.45, 7) is 1.72. The number of hydrogen-bond donors (Lipinski definition) is 1. The summed E-state index contributed by atoms with van der Waals surface area (Å²) in [5.41, 5.74) is 0.190. The van der Waals surface area contributed by atoms with Crippen molar-refractivity contribution in [3.8, 4) is 0 Å². The van der Waals surface area contributed by atoms with Crippen LogP contribution < -0.4 is 0 Å². The Hall–Kier alpha value is -2.76. The first kappa shape index (κ1) is 14.6. The van der Waals surface area contributed by atoms with Crippen molar-refractivity contribution >= 4 is 11.9 Å². The lowest BCUT2D eigenvalue weighted by molar-refractivity contribution is 0.0347. The highest BCUT2D eigenvalue weighted by Crippen LogP contribution is 2.18. The molecule has 0 spiro atoms. The molecule has 0 aliphatic carbocycles. The van der Waals surface area contributed by atoms with Gasteiger partial charge in [0.05, 0.1) is 11.1 Å². The second kappa shape index (κ2) is 6.60. The van der Waals surface area contributed by atoms with Crippen LogP contribution in [0.2, 0.25) is 0 Å². The third kappa shape index (κ3) is 3.62. The highest BCUT2D eigenvalue weighted by molar-refractivity contribution is 5.94. The van der Waals surface area contributed by atoms with Gasteiger partial charge in [0.25, 0.3) is 0 Å². The number of esters is 1. The van der Waals surface area contributed by atoms with E-state index in [2.05, 4.69) is 9.97 Å². The van der Waals surface area contributed by atoms with Crippen molar-refractivity contribution in [2.24, 2.45) is 0 Å². The first-order chi connectivity index (χ1) is 10.1. The number of rotatable bonds is 5. The highest BCUT2D eigenvalue weighted by Gasteiger charge is 2.19. The summed E-state index contributed by atoms with van der Waals surface area (Å²) < 4.78 is 5.29. The molecule has 6 heteroatoms. The molecule has 1 aromatic heterocycles. The maximum Gasteiger partial charge on any atom is 0.338 e. The molecule has 0 saturated carbocycles. The van der Waals surface area contributed by atoms with Gasteiger partial charge in [-0.25, -0.2) is 19.6 Å². The number of hydrogen-bond acceptors (Lipinski definition) is 5. The number of benzene rings is 1. The van der Waals surface area contributed by atoms with Gasteiger partial charge in [0.15, 0.2) is 11.9 Å². The molecule has 1 heterocycles. The Bertz CT molecular complexity index is 643. The van der Waals surface area contributed by atoms with Gasteiger partial charge in [-0.2, -0.15) is 0 Å². The Balaban J connectivity index is 2.17. The molecule has 2 aromatic rings. The van der Waals surface area contributed by atoms with Crippen LogP contribution >= 0.6 is 0 Å². The molecule has 1 atom stereocenters. The number of carboxylic acids is 1. The van der Waals surface area contributed by atoms with Gasteiger partial charge in [0, 0.05) is 18.8 Å². The van der Waals surface area contributed by atoms with E-state index in [0.717, 1.165) is 0 Å². The number of carbonyl (C=O) groups is 2. The summed E-state index contributed by atoms with van der Waals surface area (Å²) >= 11 is 0. The molecule has 1 radical (unpaired) electrons. The Morgan fingerprint density at radius 2 is 1.86 bits per heavy atom. The van der Waals surface area contributed by atoms with Crippen molar-refractivity contribution in [2.75, 3.05) is 0 Å². The molecule has 1 N–H and O–H groups in total. The van der Waals surface area contributed by atoms with Gasteiger partial charge in [0.1, 0.15) is 0 Å². The first-order valence-corrected chi connectivity index (χ1v) is 6.22. The molecule has 21 heavy (non-hydrogen) atoms. The molecule has 0 aliphatic heterocycles. The van der Waals surface area contributed by atoms with E-state index < -0.39 is 18.0 Å². The summed E-state index contributed by atoms with van der Waals surface area (Å²) in [6.07, 6.45) is 4.07. The van der Waals surface area contributed by atoms with Crippen molar-refractivity contribution in [1.29, 1.82) is 0 Å². The third-order valence-corrected chi connectivity index (χ3v) is 2.72. The average molecular weight is 285 g/mol. The fraction of sp³-hybridized carbons (Fsp3) is 0.133. The van der Waals surface area contributed by atoms with Crippen LogP contribution in [0.4, 0.5) is 0 Å². The monoisotopic (exact) mass is 285 g/mol. The average Bonchev–Trinajstić information content (AvgIpc) is 2.53. The van der Waals surface area contributed by atoms with Crippen LogP contribution in [-0.2, 0) is 4.74 Å². The molecule has 0 bridgehead atoms. The van der Waals surface area contributed by atoms with Gasteiger partial charge in [0.2, 0.25) is 0 Å². The fourth-order valence-electron chi connectivity index (χ4n) is 1.69. The Labute approximate surface area is 121 Å². The molecule has 0 aliphatic rings. The van der Waals surface area contributed by atoms with Gasteiger partial charge >= 0.3 is 11.9 Å². The Morgan fingerprint density at radius 3 is 2.48 bits per heavy atom. The number of nitrogens with zero attached hydrogens (tertiary/aromatic N) is 2. The quantitative estimate of drug-likeness (QED) is 0.848. The van der Waals surface area contributed by atoms with Gasteiger partial charge in [-0.1, -0.05) is 13.0 Å². The van der Waals surface area contributed by atoms with Crippen LogP contribution in [0.5, 0.6) is 0 Å². The van der Waals surface area contributed by atoms with Crippen LogP contribution in [0.3, 0.4) is 0 Å². The fourth-order valence-corrected chi connectivity index (χ4v) is 1.69. The molecule has 6 nitrogen and oxygen atoms in total. The number of carbonyl (C=O) groups excluding carboxylic acids is 1. The van der Waals surface area contributed by atoms with Crippen molar-refractivity contribution < 1.29 is 19.4 Å². The number of aromatic carboxylic acids is 1. The van der Waals surface area contributed by atoms with E-state index in [1.54, 1.807) is 31.8 Å². The lowest BCUT2D eigenvalue weighted by Gasteiger charge is -2.14. The lowest BCUT2D eigenvalue weighted by Crippen LogP contribution is -2.14. The molecule has 1 unspecified atom stereocenters. The zero-order chi connectivity index (χ0) is 15.2. The van der Waals surface area contributed by atoms with Gasteiger partial charge in [-0.15, -0.1) is 0 Å².